The Kier molecular flexibility index (Phi) is 7.05. The summed E-state index contributed by atoms with van der Waals surface area (Å²) in [5.74, 6) is 1.44. The van der Waals surface area contributed by atoms with Gasteiger partial charge in [-0.3, -0.25) is 0 Å². The quantitative estimate of drug-likeness (QED) is 0.456. The van der Waals surface area contributed by atoms with Crippen molar-refractivity contribution in [1.29, 1.82) is 0 Å². The molecule has 2 aliphatic rings. The molecule has 2 aromatic rings. The Bertz CT molecular complexity index is 988. The summed E-state index contributed by atoms with van der Waals surface area (Å²) in [4.78, 5) is 1.53. The topological polar surface area (TPSA) is 52.6 Å². The molecule has 31 heavy (non-hydrogen) atoms. The van der Waals surface area contributed by atoms with Crippen LogP contribution in [0.5, 0.6) is 11.5 Å². The van der Waals surface area contributed by atoms with Gasteiger partial charge in [0.2, 0.25) is 0 Å². The van der Waals surface area contributed by atoms with Crippen LogP contribution in [0.1, 0.15) is 0 Å². The van der Waals surface area contributed by atoms with E-state index in [1.165, 1.54) is 0 Å². The summed E-state index contributed by atoms with van der Waals surface area (Å²) in [6.45, 7) is 0. The van der Waals surface area contributed by atoms with Crippen molar-refractivity contribution in [3.63, 3.8) is 0 Å². The molecule has 4 rings (SSSR count). The summed E-state index contributed by atoms with van der Waals surface area (Å²) in [5.41, 5.74) is 0. The van der Waals surface area contributed by atoms with Gasteiger partial charge in [-0.05, 0) is 0 Å². The molecule has 0 amide bonds. The molecule has 0 radical (unpaired) electrons. The van der Waals surface area contributed by atoms with Crippen molar-refractivity contribution in [2.45, 2.75) is 17.0 Å². The number of rotatable bonds is 8. The van der Waals surface area contributed by atoms with Gasteiger partial charge in [-0.1, -0.05) is 0 Å². The van der Waals surface area contributed by atoms with E-state index in [0.29, 0.717) is 0 Å². The van der Waals surface area contributed by atoms with Crippen LogP contribution in [0.2, 0.25) is 7.25 Å². The molecule has 2 unspecified atom stereocenters. The first-order valence-corrected chi connectivity index (χ1v) is 17.9. The second kappa shape index (κ2) is 9.76. The van der Waals surface area contributed by atoms with E-state index >= 15 is 0 Å². The van der Waals surface area contributed by atoms with Gasteiger partial charge in [0.15, 0.2) is 0 Å². The van der Waals surface area contributed by atoms with E-state index in [9.17, 15) is 8.42 Å². The van der Waals surface area contributed by atoms with Crippen molar-refractivity contribution < 1.29 is 35.2 Å². The zero-order valence-electron chi connectivity index (χ0n) is 17.3. The molecule has 160 valence electrons. The first-order chi connectivity index (χ1) is 15.0. The van der Waals surface area contributed by atoms with Gasteiger partial charge >= 0.3 is 195 Å². The molecule has 0 aliphatic heterocycles. The van der Waals surface area contributed by atoms with Gasteiger partial charge < -0.3 is 0 Å². The summed E-state index contributed by atoms with van der Waals surface area (Å²) in [7, 11) is -2.08. The molecule has 2 aliphatic carbocycles. The Labute approximate surface area is 193 Å². The normalized spacial score (nSPS) is 17.9. The molecule has 2 aromatic carbocycles. The Morgan fingerprint density at radius 2 is 0.935 bits per heavy atom. The number of hydrogen-bond acceptors (Lipinski definition) is 4. The van der Waals surface area contributed by atoms with Gasteiger partial charge in [-0.15, -0.1) is 0 Å². The molecule has 4 nitrogen and oxygen atoms in total. The Morgan fingerprint density at radius 1 is 0.613 bits per heavy atom. The fourth-order valence-electron chi connectivity index (χ4n) is 3.68. The maximum atomic E-state index is 11.8. The summed E-state index contributed by atoms with van der Waals surface area (Å²) < 4.78 is 37.3. The fraction of sp³-hybridized carbons (Fsp3) is 0.167. The minimum absolute atomic E-state index is 0.0756. The zero-order chi connectivity index (χ0) is 21.8. The predicted molar refractivity (Wildman–Crippen MR) is 123 cm³/mol. The van der Waals surface area contributed by atoms with Crippen molar-refractivity contribution in [3.05, 3.63) is 97.1 Å². The molecule has 0 saturated carbocycles. The van der Waals surface area contributed by atoms with E-state index < -0.39 is 42.7 Å². The number of allylic oxidation sites excluding steroid dienone is 8. The molecular formula is C24H24O4S2Zr. The summed E-state index contributed by atoms with van der Waals surface area (Å²) in [6.07, 6.45) is 20.1. The second-order valence-electron chi connectivity index (χ2n) is 7.37. The number of hydrogen-bond donors (Lipinski definition) is 0. The first kappa shape index (κ1) is 22.4. The average Bonchev–Trinajstić information content (AvgIpc) is 3.49. The molecule has 0 heterocycles. The summed E-state index contributed by atoms with van der Waals surface area (Å²) >= 11 is -3.99. The van der Waals surface area contributed by atoms with Gasteiger partial charge in [0, 0.05) is 0 Å². The van der Waals surface area contributed by atoms with Crippen LogP contribution < -0.4 is 5.63 Å². The molecule has 0 saturated heterocycles. The van der Waals surface area contributed by atoms with E-state index in [2.05, 4.69) is 24.3 Å². The van der Waals surface area contributed by atoms with Crippen molar-refractivity contribution in [1.82, 2.24) is 0 Å². The second-order valence-corrected chi connectivity index (χ2v) is 18.0. The van der Waals surface area contributed by atoms with Crippen LogP contribution in [-0.4, -0.2) is 20.9 Å². The molecule has 0 aromatic heterocycles. The monoisotopic (exact) mass is 530 g/mol. The van der Waals surface area contributed by atoms with E-state index in [1.807, 2.05) is 72.8 Å². The van der Waals surface area contributed by atoms with Gasteiger partial charge in [-0.25, -0.2) is 0 Å². The van der Waals surface area contributed by atoms with Crippen LogP contribution in [-0.2, 0) is 42.7 Å². The first-order valence-electron chi connectivity index (χ1n) is 9.93. The van der Waals surface area contributed by atoms with Gasteiger partial charge in [0.25, 0.3) is 0 Å². The average molecular weight is 532 g/mol. The molecule has 7 heteroatoms. The predicted octanol–water partition coefficient (Wildman–Crippen LogP) is 5.43. The van der Waals surface area contributed by atoms with E-state index in [0.717, 1.165) is 21.3 Å². The van der Waals surface area contributed by atoms with Crippen molar-refractivity contribution in [2.75, 3.05) is 12.5 Å². The van der Waals surface area contributed by atoms with Crippen LogP contribution in [0, 0.1) is 0 Å². The molecule has 2 atom stereocenters. The maximum absolute atomic E-state index is 11.8. The van der Waals surface area contributed by atoms with Crippen LogP contribution >= 0.6 is 0 Å². The van der Waals surface area contributed by atoms with Gasteiger partial charge in [0.1, 0.15) is 0 Å². The van der Waals surface area contributed by atoms with Crippen LogP contribution in [0.15, 0.2) is 107 Å². The van der Waals surface area contributed by atoms with Crippen molar-refractivity contribution >= 4 is 21.6 Å². The minimum atomic E-state index is -3.99. The fourth-order valence-corrected chi connectivity index (χ4v) is 13.5. The van der Waals surface area contributed by atoms with Gasteiger partial charge in [0.05, 0.1) is 0 Å². The van der Waals surface area contributed by atoms with Crippen molar-refractivity contribution in [3.8, 4) is 11.5 Å². The Morgan fingerprint density at radius 3 is 1.23 bits per heavy atom. The van der Waals surface area contributed by atoms with Crippen LogP contribution in [0.25, 0.3) is 0 Å². The molecule has 0 bridgehead atoms. The third-order valence-corrected chi connectivity index (χ3v) is 16.4. The van der Waals surface area contributed by atoms with Crippen LogP contribution in [0.4, 0.5) is 0 Å². The Balaban J connectivity index is 1.74. The number of benzene rings is 2. The standard InChI is InChI=1S/2C7H8O2S.2C5H5.Zr/c2*1-10(9)7-4-2-6(8)3-5-7;2*1-2-4-5-3-1;/h2*2-5,8H,1H3;2*1-5H;/q;;;;+2/p-2. The van der Waals surface area contributed by atoms with Crippen LogP contribution in [0.3, 0.4) is 0 Å². The third-order valence-electron chi connectivity index (χ3n) is 5.29. The van der Waals surface area contributed by atoms with E-state index in [-0.39, 0.29) is 7.25 Å². The summed E-state index contributed by atoms with van der Waals surface area (Å²) in [5, 5.41) is 0. The zero-order valence-corrected chi connectivity index (χ0v) is 21.4. The SMILES string of the molecule is CS(=O)c1ccc([O][Zr]([O]c2ccc(S(C)=O)cc2)([CH]2C=CC=C2)[CH]2C=CC=C2)cc1. The molecule has 0 fully saturated rings. The van der Waals surface area contributed by atoms with Crippen molar-refractivity contribution in [2.24, 2.45) is 0 Å². The Hall–Kier alpha value is -1.82. The van der Waals surface area contributed by atoms with Gasteiger partial charge in [-0.2, -0.15) is 0 Å². The summed E-state index contributed by atoms with van der Waals surface area (Å²) in [6, 6.07) is 14.9. The molecule has 0 spiro atoms. The van der Waals surface area contributed by atoms with E-state index in [4.69, 9.17) is 5.63 Å². The van der Waals surface area contributed by atoms with E-state index in [1.54, 1.807) is 12.5 Å². The molecular weight excluding hydrogens is 508 g/mol. The third kappa shape index (κ3) is 5.00. The molecule has 0 N–H and O–H groups in total.